The maximum Gasteiger partial charge on any atom is 0.347 e. The summed E-state index contributed by atoms with van der Waals surface area (Å²) in [5.74, 6) is 0.771. The number of benzene rings is 4. The van der Waals surface area contributed by atoms with E-state index in [4.69, 9.17) is 14.2 Å². The molecule has 0 spiro atoms. The van der Waals surface area contributed by atoms with E-state index < -0.39 is 5.97 Å². The summed E-state index contributed by atoms with van der Waals surface area (Å²) in [6, 6.07) is 27.1. The minimum atomic E-state index is -0.598. The molecule has 4 rings (SSSR count). The van der Waals surface area contributed by atoms with E-state index >= 15 is 0 Å². The van der Waals surface area contributed by atoms with Crippen molar-refractivity contribution in [2.45, 2.75) is 0 Å². The molecule has 4 aromatic carbocycles. The van der Waals surface area contributed by atoms with Gasteiger partial charge in [-0.1, -0.05) is 60.7 Å². The van der Waals surface area contributed by atoms with Crippen molar-refractivity contribution in [2.75, 3.05) is 13.2 Å². The molecule has 0 aromatic heterocycles. The third-order valence-corrected chi connectivity index (χ3v) is 4.69. The van der Waals surface area contributed by atoms with Crippen LogP contribution in [0.5, 0.6) is 17.2 Å². The molecule has 0 saturated carbocycles. The van der Waals surface area contributed by atoms with Gasteiger partial charge in [0.2, 0.25) is 0 Å². The molecule has 0 fully saturated rings. The van der Waals surface area contributed by atoms with Gasteiger partial charge in [-0.25, -0.2) is 4.79 Å². The van der Waals surface area contributed by atoms with Gasteiger partial charge in [0.1, 0.15) is 36.0 Å². The molecule has 0 atom stereocenters. The second kappa shape index (κ2) is 9.59. The van der Waals surface area contributed by atoms with E-state index in [9.17, 15) is 9.59 Å². The van der Waals surface area contributed by atoms with Crippen LogP contribution in [0.4, 0.5) is 0 Å². The zero-order valence-corrected chi connectivity index (χ0v) is 16.7. The Balaban J connectivity index is 1.50. The number of ether oxygens (including phenoxy) is 3. The summed E-state index contributed by atoms with van der Waals surface area (Å²) in [6.07, 6.45) is 0.679. The first-order valence-corrected chi connectivity index (χ1v) is 9.85. The first kappa shape index (κ1) is 20.2. The third-order valence-electron chi connectivity index (χ3n) is 4.69. The average Bonchev–Trinajstić information content (AvgIpc) is 2.83. The second-order valence-electron chi connectivity index (χ2n) is 6.72. The molecule has 5 nitrogen and oxygen atoms in total. The predicted octanol–water partition coefficient (Wildman–Crippen LogP) is 5.33. The Labute approximate surface area is 179 Å². The van der Waals surface area contributed by atoms with Crippen molar-refractivity contribution in [3.63, 3.8) is 0 Å². The normalized spacial score (nSPS) is 10.5. The lowest BCUT2D eigenvalue weighted by Crippen LogP contribution is -2.14. The number of fused-ring (bicyclic) bond motifs is 1. The monoisotopic (exact) mass is 412 g/mol. The lowest BCUT2D eigenvalue weighted by atomic mass is 10.1. The van der Waals surface area contributed by atoms with Crippen molar-refractivity contribution in [1.29, 1.82) is 0 Å². The van der Waals surface area contributed by atoms with Gasteiger partial charge in [0.25, 0.3) is 0 Å². The van der Waals surface area contributed by atoms with Gasteiger partial charge in [-0.05, 0) is 35.7 Å². The summed E-state index contributed by atoms with van der Waals surface area (Å²) < 4.78 is 17.1. The Morgan fingerprint density at radius 3 is 2.29 bits per heavy atom. The molecule has 0 aliphatic rings. The average molecular weight is 412 g/mol. The first-order valence-electron chi connectivity index (χ1n) is 9.85. The fourth-order valence-electron chi connectivity index (χ4n) is 3.20. The van der Waals surface area contributed by atoms with Crippen LogP contribution in [0.1, 0.15) is 20.7 Å². The van der Waals surface area contributed by atoms with E-state index in [-0.39, 0.29) is 17.9 Å². The minimum absolute atomic E-state index is 0.236. The molecule has 0 amide bonds. The van der Waals surface area contributed by atoms with Crippen LogP contribution >= 0.6 is 0 Å². The van der Waals surface area contributed by atoms with Gasteiger partial charge in [-0.2, -0.15) is 0 Å². The molecule has 31 heavy (non-hydrogen) atoms. The van der Waals surface area contributed by atoms with Gasteiger partial charge >= 0.3 is 5.97 Å². The first-order chi connectivity index (χ1) is 15.3. The Morgan fingerprint density at radius 1 is 0.742 bits per heavy atom. The van der Waals surface area contributed by atoms with Crippen LogP contribution in [0.25, 0.3) is 10.8 Å². The van der Waals surface area contributed by atoms with Crippen LogP contribution in [0, 0.1) is 0 Å². The number of carbonyl (C=O) groups is 2. The van der Waals surface area contributed by atoms with Crippen molar-refractivity contribution in [1.82, 2.24) is 0 Å². The van der Waals surface area contributed by atoms with Gasteiger partial charge in [0.15, 0.2) is 6.29 Å². The molecular formula is C26H20O5. The zero-order chi connectivity index (χ0) is 21.5. The Morgan fingerprint density at radius 2 is 1.45 bits per heavy atom. The molecule has 4 aromatic rings. The maximum atomic E-state index is 13.0. The van der Waals surface area contributed by atoms with Crippen LogP contribution in [0.3, 0.4) is 0 Å². The highest BCUT2D eigenvalue weighted by Crippen LogP contribution is 2.30. The quantitative estimate of drug-likeness (QED) is 0.169. The lowest BCUT2D eigenvalue weighted by molar-refractivity contribution is 0.0730. The maximum absolute atomic E-state index is 13.0. The van der Waals surface area contributed by atoms with Gasteiger partial charge in [-0.15, -0.1) is 0 Å². The smallest absolute Gasteiger partial charge is 0.347 e. The Bertz CT molecular complexity index is 1200. The number of aldehydes is 1. The van der Waals surface area contributed by atoms with Crippen molar-refractivity contribution < 1.29 is 23.8 Å². The number of carbonyl (C=O) groups excluding carboxylic acids is 2. The second-order valence-corrected chi connectivity index (χ2v) is 6.72. The number of para-hydroxylation sites is 2. The molecule has 0 bridgehead atoms. The molecule has 0 aliphatic heterocycles. The SMILES string of the molecule is O=Cc1ccc2ccccc2c1OC(=O)c1ccccc1OCCOc1ccccc1. The number of rotatable bonds is 8. The highest BCUT2D eigenvalue weighted by molar-refractivity contribution is 6.01. The van der Waals surface area contributed by atoms with Crippen molar-refractivity contribution >= 4 is 23.0 Å². The molecule has 0 saturated heterocycles. The van der Waals surface area contributed by atoms with Gasteiger partial charge < -0.3 is 14.2 Å². The third kappa shape index (κ3) is 4.73. The van der Waals surface area contributed by atoms with E-state index in [1.807, 2.05) is 60.7 Å². The molecule has 0 radical (unpaired) electrons. The predicted molar refractivity (Wildman–Crippen MR) is 118 cm³/mol. The molecule has 154 valence electrons. The summed E-state index contributed by atoms with van der Waals surface area (Å²) in [6.45, 7) is 0.582. The zero-order valence-electron chi connectivity index (χ0n) is 16.7. The Kier molecular flexibility index (Phi) is 6.24. The van der Waals surface area contributed by atoms with Crippen LogP contribution in [0.2, 0.25) is 0 Å². The molecule has 0 N–H and O–H groups in total. The largest absolute Gasteiger partial charge is 0.490 e. The summed E-state index contributed by atoms with van der Waals surface area (Å²) >= 11 is 0. The van der Waals surface area contributed by atoms with Crippen molar-refractivity contribution in [3.8, 4) is 17.2 Å². The lowest BCUT2D eigenvalue weighted by Gasteiger charge is -2.13. The summed E-state index contributed by atoms with van der Waals surface area (Å²) in [7, 11) is 0. The van der Waals surface area contributed by atoms with Crippen LogP contribution in [-0.2, 0) is 0 Å². The Hall–Kier alpha value is -4.12. The molecule has 0 heterocycles. The summed E-state index contributed by atoms with van der Waals surface area (Å²) in [5, 5.41) is 1.56. The molecule has 0 aliphatic carbocycles. The number of esters is 1. The summed E-state index contributed by atoms with van der Waals surface area (Å²) in [4.78, 5) is 24.5. The van der Waals surface area contributed by atoms with E-state index in [0.717, 1.165) is 11.1 Å². The highest BCUT2D eigenvalue weighted by atomic mass is 16.5. The van der Waals surface area contributed by atoms with E-state index in [1.54, 1.807) is 30.3 Å². The molecule has 0 unspecified atom stereocenters. The van der Waals surface area contributed by atoms with Crippen LogP contribution in [-0.4, -0.2) is 25.5 Å². The van der Waals surface area contributed by atoms with Crippen LogP contribution in [0.15, 0.2) is 91.0 Å². The number of hydrogen-bond donors (Lipinski definition) is 0. The van der Waals surface area contributed by atoms with Crippen molar-refractivity contribution in [3.05, 3.63) is 102 Å². The minimum Gasteiger partial charge on any atom is -0.490 e. The fourth-order valence-corrected chi connectivity index (χ4v) is 3.20. The summed E-state index contributed by atoms with van der Waals surface area (Å²) in [5.41, 5.74) is 0.578. The van der Waals surface area contributed by atoms with E-state index in [1.165, 1.54) is 0 Å². The molecule has 5 heteroatoms. The molecular weight excluding hydrogens is 392 g/mol. The van der Waals surface area contributed by atoms with E-state index in [0.29, 0.717) is 29.6 Å². The van der Waals surface area contributed by atoms with Gasteiger partial charge in [-0.3, -0.25) is 4.79 Å². The van der Waals surface area contributed by atoms with Crippen molar-refractivity contribution in [2.24, 2.45) is 0 Å². The number of hydrogen-bond acceptors (Lipinski definition) is 5. The van der Waals surface area contributed by atoms with Gasteiger partial charge in [0.05, 0.1) is 5.56 Å². The van der Waals surface area contributed by atoms with Gasteiger partial charge in [0, 0.05) is 5.39 Å². The topological polar surface area (TPSA) is 61.8 Å². The van der Waals surface area contributed by atoms with Crippen LogP contribution < -0.4 is 14.2 Å². The fraction of sp³-hybridized carbons (Fsp3) is 0.0769. The standard InChI is InChI=1S/C26H20O5/c27-18-20-15-14-19-8-4-5-11-22(19)25(20)31-26(28)23-12-6-7-13-24(23)30-17-16-29-21-9-2-1-3-10-21/h1-15,18H,16-17H2. The highest BCUT2D eigenvalue weighted by Gasteiger charge is 2.18. The van der Waals surface area contributed by atoms with E-state index in [2.05, 4.69) is 0 Å².